The van der Waals surface area contributed by atoms with E-state index in [1.165, 1.54) is 12.8 Å². The molecule has 78 valence electrons. The molecule has 0 fully saturated rings. The molecule has 0 unspecified atom stereocenters. The number of hydrogen-bond donors (Lipinski definition) is 0. The molecule has 0 aliphatic rings. The van der Waals surface area contributed by atoms with Crippen molar-refractivity contribution in [3.63, 3.8) is 0 Å². The van der Waals surface area contributed by atoms with Crippen LogP contribution in [0.1, 0.15) is 65.7 Å². The summed E-state index contributed by atoms with van der Waals surface area (Å²) in [5, 5.41) is 0. The number of hydrogen-bond acceptors (Lipinski definition) is 1. The summed E-state index contributed by atoms with van der Waals surface area (Å²) < 4.78 is 0. The van der Waals surface area contributed by atoms with Gasteiger partial charge in [-0.1, -0.05) is 40.0 Å². The maximum atomic E-state index is 11.6. The summed E-state index contributed by atoms with van der Waals surface area (Å²) in [6.07, 6.45) is 7.56. The van der Waals surface area contributed by atoms with Crippen molar-refractivity contribution in [3.05, 3.63) is 0 Å². The van der Waals surface area contributed by atoms with Gasteiger partial charge in [-0.3, -0.25) is 4.79 Å². The second kappa shape index (κ2) is 8.28. The molecule has 0 radical (unpaired) electrons. The fraction of sp³-hybridized carbons (Fsp3) is 0.917. The van der Waals surface area contributed by atoms with E-state index in [9.17, 15) is 4.79 Å². The van der Waals surface area contributed by atoms with Crippen LogP contribution in [-0.2, 0) is 4.79 Å². The topological polar surface area (TPSA) is 17.1 Å². The minimum Gasteiger partial charge on any atom is -0.299 e. The average molecular weight is 184 g/mol. The Morgan fingerprint density at radius 1 is 1.08 bits per heavy atom. The normalized spacial score (nSPS) is 12.8. The molecule has 13 heavy (non-hydrogen) atoms. The van der Waals surface area contributed by atoms with Gasteiger partial charge in [0.05, 0.1) is 0 Å². The zero-order chi connectivity index (χ0) is 10.1. The molecule has 0 aliphatic carbocycles. The van der Waals surface area contributed by atoms with Gasteiger partial charge >= 0.3 is 0 Å². The van der Waals surface area contributed by atoms with Gasteiger partial charge < -0.3 is 0 Å². The Balaban J connectivity index is 3.64. The summed E-state index contributed by atoms with van der Waals surface area (Å²) in [6, 6.07) is 0. The van der Waals surface area contributed by atoms with Gasteiger partial charge in [-0.15, -0.1) is 0 Å². The molecule has 1 nitrogen and oxygen atoms in total. The standard InChI is InChI=1S/C12H24O/c1-4-7-8-10-12(13)11(6-3)9-5-2/h11H,4-10H2,1-3H3/t11-/m1/s1. The molecule has 0 aliphatic heterocycles. The van der Waals surface area contributed by atoms with Gasteiger partial charge in [-0.25, -0.2) is 0 Å². The van der Waals surface area contributed by atoms with Crippen molar-refractivity contribution in [2.24, 2.45) is 5.92 Å². The van der Waals surface area contributed by atoms with Crippen molar-refractivity contribution in [2.75, 3.05) is 0 Å². The summed E-state index contributed by atoms with van der Waals surface area (Å²) in [5.74, 6) is 0.847. The number of rotatable bonds is 8. The van der Waals surface area contributed by atoms with Crippen LogP contribution in [0.25, 0.3) is 0 Å². The lowest BCUT2D eigenvalue weighted by Crippen LogP contribution is -2.13. The maximum absolute atomic E-state index is 11.6. The molecule has 0 aromatic rings. The van der Waals surface area contributed by atoms with Crippen LogP contribution in [0, 0.1) is 5.92 Å². The van der Waals surface area contributed by atoms with E-state index in [-0.39, 0.29) is 0 Å². The lowest BCUT2D eigenvalue weighted by molar-refractivity contribution is -0.123. The van der Waals surface area contributed by atoms with Gasteiger partial charge in [-0.05, 0) is 19.3 Å². The van der Waals surface area contributed by atoms with Gasteiger partial charge in [0.2, 0.25) is 0 Å². The monoisotopic (exact) mass is 184 g/mol. The molecule has 0 amide bonds. The van der Waals surface area contributed by atoms with E-state index < -0.39 is 0 Å². The number of Topliss-reactive ketones (excluding diaryl/α,β-unsaturated/α-hetero) is 1. The Hall–Kier alpha value is -0.330. The summed E-state index contributed by atoms with van der Waals surface area (Å²) in [7, 11) is 0. The van der Waals surface area contributed by atoms with Crippen LogP contribution >= 0.6 is 0 Å². The molecule has 1 heteroatoms. The smallest absolute Gasteiger partial charge is 0.135 e. The first-order chi connectivity index (χ1) is 6.26. The highest BCUT2D eigenvalue weighted by molar-refractivity contribution is 5.80. The molecule has 0 aromatic heterocycles. The Morgan fingerprint density at radius 2 is 1.77 bits per heavy atom. The fourth-order valence-electron chi connectivity index (χ4n) is 1.69. The minimum atomic E-state index is 0.349. The third-order valence-corrected chi connectivity index (χ3v) is 2.61. The van der Waals surface area contributed by atoms with E-state index in [1.54, 1.807) is 0 Å². The Kier molecular flexibility index (Phi) is 8.07. The van der Waals surface area contributed by atoms with Crippen LogP contribution in [0.3, 0.4) is 0 Å². The van der Waals surface area contributed by atoms with Gasteiger partial charge in [0, 0.05) is 12.3 Å². The molecule has 0 N–H and O–H groups in total. The van der Waals surface area contributed by atoms with Crippen LogP contribution in [0.15, 0.2) is 0 Å². The van der Waals surface area contributed by atoms with Crippen LogP contribution in [0.4, 0.5) is 0 Å². The zero-order valence-electron chi connectivity index (χ0n) is 9.44. The van der Waals surface area contributed by atoms with Crippen LogP contribution in [-0.4, -0.2) is 5.78 Å². The first kappa shape index (κ1) is 12.7. The van der Waals surface area contributed by atoms with Crippen molar-refractivity contribution in [3.8, 4) is 0 Å². The first-order valence-corrected chi connectivity index (χ1v) is 5.78. The molecule has 0 aromatic carbocycles. The van der Waals surface area contributed by atoms with Crippen molar-refractivity contribution >= 4 is 5.78 Å². The fourth-order valence-corrected chi connectivity index (χ4v) is 1.69. The number of carbonyl (C=O) groups is 1. The molecule has 0 bridgehead atoms. The van der Waals surface area contributed by atoms with Gasteiger partial charge in [-0.2, -0.15) is 0 Å². The molecule has 0 saturated carbocycles. The summed E-state index contributed by atoms with van der Waals surface area (Å²) in [4.78, 5) is 11.6. The van der Waals surface area contributed by atoms with E-state index in [4.69, 9.17) is 0 Å². The molecule has 0 rings (SSSR count). The molecule has 1 atom stereocenters. The Bertz CT molecular complexity index is 129. The average Bonchev–Trinajstić information content (AvgIpc) is 2.14. The first-order valence-electron chi connectivity index (χ1n) is 5.78. The molecule has 0 saturated heterocycles. The summed E-state index contributed by atoms with van der Waals surface area (Å²) in [6.45, 7) is 6.45. The Morgan fingerprint density at radius 3 is 2.23 bits per heavy atom. The lowest BCUT2D eigenvalue weighted by atomic mass is 9.93. The Labute approximate surface area is 82.9 Å². The number of unbranched alkanes of at least 4 members (excludes halogenated alkanes) is 2. The highest BCUT2D eigenvalue weighted by Gasteiger charge is 2.13. The predicted octanol–water partition coefficient (Wildman–Crippen LogP) is 3.96. The highest BCUT2D eigenvalue weighted by Crippen LogP contribution is 2.15. The second-order valence-corrected chi connectivity index (χ2v) is 3.82. The van der Waals surface area contributed by atoms with Gasteiger partial charge in [0.15, 0.2) is 0 Å². The summed E-state index contributed by atoms with van der Waals surface area (Å²) in [5.41, 5.74) is 0. The number of carbonyl (C=O) groups excluding carboxylic acids is 1. The lowest BCUT2D eigenvalue weighted by Gasteiger charge is -2.11. The van der Waals surface area contributed by atoms with E-state index in [2.05, 4.69) is 20.8 Å². The van der Waals surface area contributed by atoms with Crippen molar-refractivity contribution in [1.29, 1.82) is 0 Å². The van der Waals surface area contributed by atoms with E-state index in [0.717, 1.165) is 32.1 Å². The van der Waals surface area contributed by atoms with Crippen molar-refractivity contribution < 1.29 is 4.79 Å². The highest BCUT2D eigenvalue weighted by atomic mass is 16.1. The van der Waals surface area contributed by atoms with E-state index in [1.807, 2.05) is 0 Å². The minimum absolute atomic E-state index is 0.349. The van der Waals surface area contributed by atoms with Crippen LogP contribution in [0.2, 0.25) is 0 Å². The van der Waals surface area contributed by atoms with E-state index >= 15 is 0 Å². The van der Waals surface area contributed by atoms with E-state index in [0.29, 0.717) is 11.7 Å². The second-order valence-electron chi connectivity index (χ2n) is 3.82. The maximum Gasteiger partial charge on any atom is 0.135 e. The SMILES string of the molecule is CCCCCC(=O)[C@H](CC)CCC. The zero-order valence-corrected chi connectivity index (χ0v) is 9.44. The molecular formula is C12H24O. The number of ketones is 1. The molecule has 0 spiro atoms. The third kappa shape index (κ3) is 5.84. The molecule has 0 heterocycles. The molecular weight excluding hydrogens is 160 g/mol. The van der Waals surface area contributed by atoms with Gasteiger partial charge in [0.25, 0.3) is 0 Å². The quantitative estimate of drug-likeness (QED) is 0.522. The van der Waals surface area contributed by atoms with Crippen LogP contribution in [0.5, 0.6) is 0 Å². The van der Waals surface area contributed by atoms with Crippen molar-refractivity contribution in [1.82, 2.24) is 0 Å². The van der Waals surface area contributed by atoms with Gasteiger partial charge in [0.1, 0.15) is 5.78 Å². The van der Waals surface area contributed by atoms with Crippen molar-refractivity contribution in [2.45, 2.75) is 65.7 Å². The van der Waals surface area contributed by atoms with Crippen LogP contribution < -0.4 is 0 Å². The summed E-state index contributed by atoms with van der Waals surface area (Å²) >= 11 is 0. The third-order valence-electron chi connectivity index (χ3n) is 2.61. The predicted molar refractivity (Wildman–Crippen MR) is 57.8 cm³/mol. The largest absolute Gasteiger partial charge is 0.299 e.